The van der Waals surface area contributed by atoms with E-state index >= 15 is 0 Å². The molecule has 0 amide bonds. The van der Waals surface area contributed by atoms with Gasteiger partial charge in [-0.05, 0) is 33.1 Å². The molecule has 5 heteroatoms. The number of hydrogen-bond acceptors (Lipinski definition) is 3. The van der Waals surface area contributed by atoms with E-state index in [0.717, 1.165) is 24.6 Å². The first-order valence-electron chi connectivity index (χ1n) is 6.59. The molecule has 1 aromatic heterocycles. The molecular weight excluding hydrogens is 244 g/mol. The molecule has 100 valence electrons. The van der Waals surface area contributed by atoms with Crippen molar-refractivity contribution in [3.63, 3.8) is 0 Å². The molecule has 0 radical (unpaired) electrons. The quantitative estimate of drug-likeness (QED) is 0.647. The van der Waals surface area contributed by atoms with E-state index in [4.69, 9.17) is 0 Å². The average molecular weight is 266 g/mol. The zero-order valence-electron chi connectivity index (χ0n) is 11.4. The SMILES string of the molecule is CN=C(NCCc1nc(C)c(C)s1)NC1CCC1. The molecule has 4 nitrogen and oxygen atoms in total. The minimum absolute atomic E-state index is 0.626. The Morgan fingerprint density at radius 1 is 1.44 bits per heavy atom. The van der Waals surface area contributed by atoms with Crippen molar-refractivity contribution in [1.82, 2.24) is 15.6 Å². The summed E-state index contributed by atoms with van der Waals surface area (Å²) in [6.07, 6.45) is 4.84. The molecule has 1 heterocycles. The van der Waals surface area contributed by atoms with Gasteiger partial charge in [0.25, 0.3) is 0 Å². The topological polar surface area (TPSA) is 49.3 Å². The molecule has 2 rings (SSSR count). The van der Waals surface area contributed by atoms with E-state index in [-0.39, 0.29) is 0 Å². The Balaban J connectivity index is 1.73. The molecule has 0 unspecified atom stereocenters. The van der Waals surface area contributed by atoms with Crippen LogP contribution in [0.2, 0.25) is 0 Å². The third-order valence-corrected chi connectivity index (χ3v) is 4.51. The maximum atomic E-state index is 4.54. The Labute approximate surface area is 113 Å². The Morgan fingerprint density at radius 3 is 2.72 bits per heavy atom. The van der Waals surface area contributed by atoms with Crippen molar-refractivity contribution in [2.24, 2.45) is 4.99 Å². The molecule has 1 saturated carbocycles. The van der Waals surface area contributed by atoms with Crippen LogP contribution in [0.15, 0.2) is 4.99 Å². The molecule has 1 aliphatic rings. The second-order valence-electron chi connectivity index (χ2n) is 4.77. The van der Waals surface area contributed by atoms with E-state index in [1.807, 2.05) is 7.05 Å². The number of aliphatic imine (C=N–C) groups is 1. The Bertz CT molecular complexity index is 401. The van der Waals surface area contributed by atoms with Gasteiger partial charge in [-0.15, -0.1) is 11.3 Å². The van der Waals surface area contributed by atoms with Crippen molar-refractivity contribution in [3.8, 4) is 0 Å². The van der Waals surface area contributed by atoms with Gasteiger partial charge >= 0.3 is 0 Å². The highest BCUT2D eigenvalue weighted by atomic mass is 32.1. The molecule has 0 aromatic carbocycles. The van der Waals surface area contributed by atoms with E-state index < -0.39 is 0 Å². The highest BCUT2D eigenvalue weighted by molar-refractivity contribution is 7.11. The first-order valence-corrected chi connectivity index (χ1v) is 7.41. The van der Waals surface area contributed by atoms with Crippen molar-refractivity contribution in [2.75, 3.05) is 13.6 Å². The molecule has 0 bridgehead atoms. The van der Waals surface area contributed by atoms with Crippen LogP contribution in [0.5, 0.6) is 0 Å². The van der Waals surface area contributed by atoms with Crippen molar-refractivity contribution in [3.05, 3.63) is 15.6 Å². The van der Waals surface area contributed by atoms with Crippen LogP contribution >= 0.6 is 11.3 Å². The minimum atomic E-state index is 0.626. The number of nitrogens with zero attached hydrogens (tertiary/aromatic N) is 2. The number of aryl methyl sites for hydroxylation is 2. The lowest BCUT2D eigenvalue weighted by Crippen LogP contribution is -2.46. The molecule has 0 aliphatic heterocycles. The van der Waals surface area contributed by atoms with E-state index in [0.29, 0.717) is 6.04 Å². The summed E-state index contributed by atoms with van der Waals surface area (Å²) in [5.41, 5.74) is 1.16. The molecule has 18 heavy (non-hydrogen) atoms. The van der Waals surface area contributed by atoms with Crippen LogP contribution in [0, 0.1) is 13.8 Å². The van der Waals surface area contributed by atoms with Crippen LogP contribution in [0.4, 0.5) is 0 Å². The van der Waals surface area contributed by atoms with Gasteiger partial charge in [0.1, 0.15) is 0 Å². The van der Waals surface area contributed by atoms with Gasteiger partial charge in [-0.1, -0.05) is 0 Å². The molecule has 1 aliphatic carbocycles. The predicted octanol–water partition coefficient (Wildman–Crippen LogP) is 2.02. The highest BCUT2D eigenvalue weighted by Crippen LogP contribution is 2.18. The van der Waals surface area contributed by atoms with E-state index in [9.17, 15) is 0 Å². The van der Waals surface area contributed by atoms with Crippen LogP contribution in [0.1, 0.15) is 34.8 Å². The number of thiazole rings is 1. The molecule has 0 saturated heterocycles. The summed E-state index contributed by atoms with van der Waals surface area (Å²) in [4.78, 5) is 10.1. The third kappa shape index (κ3) is 3.45. The molecule has 0 atom stereocenters. The summed E-state index contributed by atoms with van der Waals surface area (Å²) < 4.78 is 0. The molecule has 0 spiro atoms. The van der Waals surface area contributed by atoms with E-state index in [1.54, 1.807) is 11.3 Å². The van der Waals surface area contributed by atoms with Crippen LogP contribution in [-0.2, 0) is 6.42 Å². The van der Waals surface area contributed by atoms with E-state index in [1.165, 1.54) is 29.1 Å². The third-order valence-electron chi connectivity index (χ3n) is 3.37. The zero-order chi connectivity index (χ0) is 13.0. The van der Waals surface area contributed by atoms with Crippen LogP contribution in [-0.4, -0.2) is 30.6 Å². The largest absolute Gasteiger partial charge is 0.356 e. The van der Waals surface area contributed by atoms with Crippen LogP contribution in [0.3, 0.4) is 0 Å². The number of hydrogen-bond donors (Lipinski definition) is 2. The summed E-state index contributed by atoms with van der Waals surface area (Å²) in [5.74, 6) is 0.921. The summed E-state index contributed by atoms with van der Waals surface area (Å²) in [5, 5.41) is 7.98. The first kappa shape index (κ1) is 13.3. The smallest absolute Gasteiger partial charge is 0.191 e. The monoisotopic (exact) mass is 266 g/mol. The fourth-order valence-corrected chi connectivity index (χ4v) is 2.81. The summed E-state index contributed by atoms with van der Waals surface area (Å²) in [6.45, 7) is 5.08. The fourth-order valence-electron chi connectivity index (χ4n) is 1.87. The van der Waals surface area contributed by atoms with Gasteiger partial charge < -0.3 is 10.6 Å². The van der Waals surface area contributed by atoms with E-state index in [2.05, 4.69) is 34.5 Å². The number of rotatable bonds is 4. The lowest BCUT2D eigenvalue weighted by atomic mass is 9.93. The maximum Gasteiger partial charge on any atom is 0.191 e. The standard InChI is InChI=1S/C13H22N4S/c1-9-10(2)18-12(16-9)7-8-15-13(14-3)17-11-5-4-6-11/h11H,4-8H2,1-3H3,(H2,14,15,17). The van der Waals surface area contributed by atoms with Crippen molar-refractivity contribution >= 4 is 17.3 Å². The van der Waals surface area contributed by atoms with Crippen molar-refractivity contribution in [1.29, 1.82) is 0 Å². The number of guanidine groups is 1. The van der Waals surface area contributed by atoms with Gasteiger partial charge in [-0.2, -0.15) is 0 Å². The Morgan fingerprint density at radius 2 is 2.22 bits per heavy atom. The van der Waals surface area contributed by atoms with Gasteiger partial charge in [0.15, 0.2) is 5.96 Å². The fraction of sp³-hybridized carbons (Fsp3) is 0.692. The second-order valence-corrected chi connectivity index (χ2v) is 6.06. The predicted molar refractivity (Wildman–Crippen MR) is 77.4 cm³/mol. The lowest BCUT2D eigenvalue weighted by molar-refractivity contribution is 0.380. The minimum Gasteiger partial charge on any atom is -0.356 e. The van der Waals surface area contributed by atoms with Crippen LogP contribution < -0.4 is 10.6 Å². The lowest BCUT2D eigenvalue weighted by Gasteiger charge is -2.28. The zero-order valence-corrected chi connectivity index (χ0v) is 12.2. The van der Waals surface area contributed by atoms with Gasteiger partial charge in [0, 0.05) is 30.9 Å². The molecule has 2 N–H and O–H groups in total. The first-order chi connectivity index (χ1) is 8.69. The van der Waals surface area contributed by atoms with Crippen molar-refractivity contribution < 1.29 is 0 Å². The van der Waals surface area contributed by atoms with Gasteiger partial charge in [-0.3, -0.25) is 4.99 Å². The Hall–Kier alpha value is -1.10. The normalized spacial score (nSPS) is 16.5. The molecule has 1 aromatic rings. The summed E-state index contributed by atoms with van der Waals surface area (Å²) in [6, 6.07) is 0.626. The van der Waals surface area contributed by atoms with Crippen molar-refractivity contribution in [2.45, 2.75) is 45.6 Å². The second kappa shape index (κ2) is 6.18. The van der Waals surface area contributed by atoms with Gasteiger partial charge in [-0.25, -0.2) is 4.98 Å². The number of aromatic nitrogens is 1. The average Bonchev–Trinajstić information content (AvgIpc) is 2.60. The molecular formula is C13H22N4S. The maximum absolute atomic E-state index is 4.54. The number of nitrogens with one attached hydrogen (secondary N) is 2. The summed E-state index contributed by atoms with van der Waals surface area (Å²) >= 11 is 1.79. The van der Waals surface area contributed by atoms with Crippen LogP contribution in [0.25, 0.3) is 0 Å². The summed E-state index contributed by atoms with van der Waals surface area (Å²) in [7, 11) is 1.83. The Kier molecular flexibility index (Phi) is 4.58. The van der Waals surface area contributed by atoms with Gasteiger partial charge in [0.05, 0.1) is 10.7 Å². The van der Waals surface area contributed by atoms with Gasteiger partial charge in [0.2, 0.25) is 0 Å². The highest BCUT2D eigenvalue weighted by Gasteiger charge is 2.17. The molecule has 1 fully saturated rings.